The Morgan fingerprint density at radius 2 is 1.94 bits per heavy atom. The number of fused-ring (bicyclic) bond motifs is 1. The van der Waals surface area contributed by atoms with E-state index in [0.29, 0.717) is 35.6 Å². The molecule has 12 nitrogen and oxygen atoms in total. The van der Waals surface area contributed by atoms with Crippen molar-refractivity contribution in [2.45, 2.75) is 24.5 Å². The molecule has 13 heteroatoms. The van der Waals surface area contributed by atoms with Crippen LogP contribution in [0.25, 0.3) is 11.2 Å². The Bertz CT molecular complexity index is 1190. The third kappa shape index (κ3) is 5.69. The first kappa shape index (κ1) is 25.7. The predicted octanol–water partition coefficient (Wildman–Crippen LogP) is 1.55. The van der Waals surface area contributed by atoms with E-state index >= 15 is 0 Å². The second-order valence-corrected chi connectivity index (χ2v) is 9.35. The molecule has 4 atom stereocenters. The maximum absolute atomic E-state index is 13.1. The Balaban J connectivity index is 1.66. The number of carbonyl (C=O) groups is 2. The molecular formula is C23H29N7O5S. The van der Waals surface area contributed by atoms with Crippen LogP contribution in [0, 0.1) is 0 Å². The number of amides is 1. The molecule has 0 unspecified atom stereocenters. The SMILES string of the molecule is CSC[C@H]1O[C@@H](n2cnc3c(N)ncnc32)[C@H](OC(=O)c2ccccc2)[C@@H]1OC(=O)NCCN(C)C. The molecule has 1 aliphatic rings. The van der Waals surface area contributed by atoms with Gasteiger partial charge in [0.2, 0.25) is 0 Å². The number of imidazole rings is 1. The van der Waals surface area contributed by atoms with Crippen molar-refractivity contribution in [2.24, 2.45) is 0 Å². The fraction of sp³-hybridized carbons (Fsp3) is 0.435. The summed E-state index contributed by atoms with van der Waals surface area (Å²) in [7, 11) is 3.81. The molecule has 2 aromatic heterocycles. The Hall–Kier alpha value is -3.42. The van der Waals surface area contributed by atoms with Crippen LogP contribution in [0.4, 0.5) is 10.6 Å². The third-order valence-corrected chi connectivity index (χ3v) is 6.26. The standard InChI is InChI=1S/C23H29N7O5S/c1-29(2)10-9-25-23(32)35-17-15(11-36-3)33-21(18(17)34-22(31)14-7-5-4-6-8-14)30-13-28-16-19(24)26-12-27-20(16)30/h4-8,12-13,15,17-18,21H,9-11H2,1-3H3,(H,25,32)(H2,24,26,27)/t15-,17-,18-,21-/m1/s1. The maximum Gasteiger partial charge on any atom is 0.407 e. The van der Waals surface area contributed by atoms with E-state index in [2.05, 4.69) is 20.3 Å². The smallest absolute Gasteiger partial charge is 0.407 e. The van der Waals surface area contributed by atoms with Gasteiger partial charge < -0.3 is 30.2 Å². The Labute approximate surface area is 212 Å². The van der Waals surface area contributed by atoms with Crippen LogP contribution in [0.15, 0.2) is 43.0 Å². The van der Waals surface area contributed by atoms with Crippen LogP contribution in [-0.4, -0.2) is 94.0 Å². The summed E-state index contributed by atoms with van der Waals surface area (Å²) in [6.07, 6.45) is 0.814. The monoisotopic (exact) mass is 515 g/mol. The van der Waals surface area contributed by atoms with E-state index in [4.69, 9.17) is 19.9 Å². The van der Waals surface area contributed by atoms with Crippen LogP contribution in [0.5, 0.6) is 0 Å². The molecule has 1 fully saturated rings. The number of aromatic nitrogens is 4. The second kappa shape index (κ2) is 11.5. The van der Waals surface area contributed by atoms with E-state index in [-0.39, 0.29) is 5.82 Å². The van der Waals surface area contributed by atoms with E-state index in [0.717, 1.165) is 0 Å². The van der Waals surface area contributed by atoms with Gasteiger partial charge in [0.05, 0.1) is 11.9 Å². The number of benzene rings is 1. The first-order chi connectivity index (χ1) is 17.4. The number of anilines is 1. The van der Waals surface area contributed by atoms with Crippen LogP contribution in [0.1, 0.15) is 16.6 Å². The number of alkyl carbamates (subject to hydrolysis) is 1. The molecule has 1 aliphatic heterocycles. The number of nitrogens with one attached hydrogen (secondary N) is 1. The summed E-state index contributed by atoms with van der Waals surface area (Å²) in [6, 6.07) is 8.59. The van der Waals surface area contributed by atoms with Crippen LogP contribution in [0.2, 0.25) is 0 Å². The first-order valence-corrected chi connectivity index (χ1v) is 12.7. The summed E-state index contributed by atoms with van der Waals surface area (Å²) < 4.78 is 19.7. The zero-order valence-electron chi connectivity index (χ0n) is 20.2. The van der Waals surface area contributed by atoms with Gasteiger partial charge in [-0.3, -0.25) is 4.57 Å². The van der Waals surface area contributed by atoms with Gasteiger partial charge in [-0.05, 0) is 32.5 Å². The van der Waals surface area contributed by atoms with E-state index in [1.165, 1.54) is 24.4 Å². The molecule has 192 valence electrons. The minimum Gasteiger partial charge on any atom is -0.450 e. The summed E-state index contributed by atoms with van der Waals surface area (Å²) in [6.45, 7) is 1.04. The summed E-state index contributed by atoms with van der Waals surface area (Å²) in [4.78, 5) is 40.2. The topological polar surface area (TPSA) is 147 Å². The molecule has 3 N–H and O–H groups in total. The van der Waals surface area contributed by atoms with Crippen LogP contribution in [0.3, 0.4) is 0 Å². The molecule has 1 saturated heterocycles. The highest BCUT2D eigenvalue weighted by atomic mass is 32.2. The molecule has 1 aromatic carbocycles. The van der Waals surface area contributed by atoms with Gasteiger partial charge in [0.15, 0.2) is 29.9 Å². The van der Waals surface area contributed by atoms with Gasteiger partial charge in [-0.15, -0.1) is 0 Å². The Morgan fingerprint density at radius 1 is 1.17 bits per heavy atom. The van der Waals surface area contributed by atoms with Crippen molar-refractivity contribution in [2.75, 3.05) is 44.9 Å². The van der Waals surface area contributed by atoms with Crippen LogP contribution in [-0.2, 0) is 14.2 Å². The highest BCUT2D eigenvalue weighted by Crippen LogP contribution is 2.37. The molecule has 3 heterocycles. The summed E-state index contributed by atoms with van der Waals surface area (Å²) in [5.41, 5.74) is 7.12. The van der Waals surface area contributed by atoms with Gasteiger partial charge in [0.25, 0.3) is 0 Å². The number of likely N-dealkylation sites (N-methyl/N-ethyl adjacent to an activating group) is 1. The van der Waals surface area contributed by atoms with Gasteiger partial charge in [0, 0.05) is 18.8 Å². The number of carbonyl (C=O) groups excluding carboxylic acids is 2. The highest BCUT2D eigenvalue weighted by molar-refractivity contribution is 7.98. The zero-order chi connectivity index (χ0) is 25.7. The van der Waals surface area contributed by atoms with Gasteiger partial charge in [-0.25, -0.2) is 24.5 Å². The zero-order valence-corrected chi connectivity index (χ0v) is 21.1. The Kier molecular flexibility index (Phi) is 8.23. The third-order valence-electron chi connectivity index (χ3n) is 5.60. The van der Waals surface area contributed by atoms with Crippen LogP contribution >= 0.6 is 11.8 Å². The molecular weight excluding hydrogens is 486 g/mol. The van der Waals surface area contributed by atoms with Crippen molar-refractivity contribution >= 4 is 40.8 Å². The van der Waals surface area contributed by atoms with Gasteiger partial charge in [0.1, 0.15) is 17.9 Å². The molecule has 0 spiro atoms. The number of nitrogens with two attached hydrogens (primary N) is 1. The molecule has 1 amide bonds. The number of nitrogen functional groups attached to an aromatic ring is 1. The lowest BCUT2D eigenvalue weighted by Crippen LogP contribution is -2.43. The van der Waals surface area contributed by atoms with Gasteiger partial charge >= 0.3 is 12.1 Å². The van der Waals surface area contributed by atoms with E-state index in [9.17, 15) is 9.59 Å². The van der Waals surface area contributed by atoms with Crippen LogP contribution < -0.4 is 11.1 Å². The molecule has 0 radical (unpaired) electrons. The van der Waals surface area contributed by atoms with Gasteiger partial charge in [-0.2, -0.15) is 11.8 Å². The number of hydrogen-bond donors (Lipinski definition) is 2. The number of hydrogen-bond acceptors (Lipinski definition) is 11. The molecule has 0 bridgehead atoms. The van der Waals surface area contributed by atoms with Crippen molar-refractivity contribution in [1.29, 1.82) is 0 Å². The summed E-state index contributed by atoms with van der Waals surface area (Å²) in [5, 5.41) is 2.73. The molecule has 3 aromatic rings. The minimum absolute atomic E-state index is 0.211. The van der Waals surface area contributed by atoms with E-state index in [1.807, 2.05) is 25.3 Å². The summed E-state index contributed by atoms with van der Waals surface area (Å²) in [5.74, 6) is 0.137. The predicted molar refractivity (Wildman–Crippen MR) is 134 cm³/mol. The first-order valence-electron chi connectivity index (χ1n) is 11.3. The maximum atomic E-state index is 13.1. The lowest BCUT2D eigenvalue weighted by atomic mass is 10.1. The van der Waals surface area contributed by atoms with Crippen molar-refractivity contribution < 1.29 is 23.8 Å². The Morgan fingerprint density at radius 3 is 2.67 bits per heavy atom. The van der Waals surface area contributed by atoms with Crippen molar-refractivity contribution in [3.05, 3.63) is 48.5 Å². The largest absolute Gasteiger partial charge is 0.450 e. The fourth-order valence-corrected chi connectivity index (χ4v) is 4.46. The van der Waals surface area contributed by atoms with Crippen molar-refractivity contribution in [1.82, 2.24) is 29.7 Å². The number of nitrogens with zero attached hydrogens (tertiary/aromatic N) is 5. The number of esters is 1. The average Bonchev–Trinajstić information content (AvgIpc) is 3.42. The average molecular weight is 516 g/mol. The number of ether oxygens (including phenoxy) is 3. The molecule has 0 aliphatic carbocycles. The quantitative estimate of drug-likeness (QED) is 0.400. The fourth-order valence-electron chi connectivity index (χ4n) is 3.87. The highest BCUT2D eigenvalue weighted by Gasteiger charge is 2.51. The lowest BCUT2D eigenvalue weighted by molar-refractivity contribution is -0.0458. The number of rotatable bonds is 9. The normalized spacial score (nSPS) is 21.6. The van der Waals surface area contributed by atoms with E-state index < -0.39 is 36.6 Å². The lowest BCUT2D eigenvalue weighted by Gasteiger charge is -2.25. The van der Waals surface area contributed by atoms with Gasteiger partial charge in [-0.1, -0.05) is 18.2 Å². The molecule has 0 saturated carbocycles. The second-order valence-electron chi connectivity index (χ2n) is 8.44. The summed E-state index contributed by atoms with van der Waals surface area (Å²) >= 11 is 1.52. The molecule has 4 rings (SSSR count). The van der Waals surface area contributed by atoms with Crippen molar-refractivity contribution in [3.63, 3.8) is 0 Å². The number of thioether (sulfide) groups is 1. The van der Waals surface area contributed by atoms with E-state index in [1.54, 1.807) is 34.9 Å². The van der Waals surface area contributed by atoms with Crippen molar-refractivity contribution in [3.8, 4) is 0 Å². The minimum atomic E-state index is -0.983. The molecule has 36 heavy (non-hydrogen) atoms.